The van der Waals surface area contributed by atoms with Gasteiger partial charge in [-0.05, 0) is 38.6 Å². The first kappa shape index (κ1) is 19.4. The molecule has 0 unspecified atom stereocenters. The Morgan fingerprint density at radius 2 is 2.03 bits per heavy atom. The molecule has 1 aliphatic heterocycles. The number of halogens is 1. The summed E-state index contributed by atoms with van der Waals surface area (Å²) in [4.78, 5) is 13.3. The van der Waals surface area contributed by atoms with Gasteiger partial charge in [0.2, 0.25) is 0 Å². The maximum Gasteiger partial charge on any atom is 0.298 e. The molecule has 1 saturated heterocycles. The number of ether oxygens (including phenoxy) is 1. The Kier molecular flexibility index (Phi) is 5.51. The predicted molar refractivity (Wildman–Crippen MR) is 115 cm³/mol. The molecule has 4 rings (SSSR count). The number of aromatic nitrogens is 2. The van der Waals surface area contributed by atoms with Gasteiger partial charge < -0.3 is 20.7 Å². The van der Waals surface area contributed by atoms with E-state index in [2.05, 4.69) is 27.5 Å². The molecule has 0 amide bonds. The molecule has 29 heavy (non-hydrogen) atoms. The van der Waals surface area contributed by atoms with Crippen LogP contribution in [0, 0.1) is 0 Å². The summed E-state index contributed by atoms with van der Waals surface area (Å²) in [6, 6.07) is 11.6. The van der Waals surface area contributed by atoms with E-state index in [0.29, 0.717) is 28.8 Å². The van der Waals surface area contributed by atoms with E-state index < -0.39 is 0 Å². The lowest BCUT2D eigenvalue weighted by Gasteiger charge is -2.30. The quantitative estimate of drug-likeness (QED) is 0.489. The first-order chi connectivity index (χ1) is 14.1. The van der Waals surface area contributed by atoms with E-state index in [4.69, 9.17) is 22.1 Å². The van der Waals surface area contributed by atoms with Gasteiger partial charge in [0.15, 0.2) is 11.6 Å². The SMILES string of the molecule is CN1CCC[C@@H](Nc2nnc(-c3ccc(Cl)c(N)c3OC=O)c3ccccc23)C1. The van der Waals surface area contributed by atoms with Crippen molar-refractivity contribution in [1.29, 1.82) is 0 Å². The van der Waals surface area contributed by atoms with Gasteiger partial charge in [-0.1, -0.05) is 35.9 Å². The minimum atomic E-state index is 0.182. The van der Waals surface area contributed by atoms with Crippen molar-refractivity contribution in [3.8, 4) is 17.0 Å². The number of hydrogen-bond donors (Lipinski definition) is 2. The number of hydrogen-bond acceptors (Lipinski definition) is 7. The largest absolute Gasteiger partial charge is 0.426 e. The van der Waals surface area contributed by atoms with Crippen molar-refractivity contribution in [1.82, 2.24) is 15.1 Å². The van der Waals surface area contributed by atoms with E-state index in [-0.39, 0.29) is 11.4 Å². The highest BCUT2D eigenvalue weighted by atomic mass is 35.5. The van der Waals surface area contributed by atoms with Gasteiger partial charge in [-0.3, -0.25) is 4.79 Å². The molecule has 1 fully saturated rings. The number of carbonyl (C=O) groups excluding carboxylic acids is 1. The molecule has 1 atom stereocenters. The van der Waals surface area contributed by atoms with Crippen LogP contribution in [0.3, 0.4) is 0 Å². The van der Waals surface area contributed by atoms with Crippen LogP contribution in [0.4, 0.5) is 11.5 Å². The Hall–Kier alpha value is -2.90. The number of carbonyl (C=O) groups is 1. The first-order valence-electron chi connectivity index (χ1n) is 9.47. The van der Waals surface area contributed by atoms with E-state index in [1.54, 1.807) is 12.1 Å². The van der Waals surface area contributed by atoms with Crippen molar-refractivity contribution in [2.75, 3.05) is 31.2 Å². The Morgan fingerprint density at radius 3 is 2.79 bits per heavy atom. The number of anilines is 2. The van der Waals surface area contributed by atoms with Crippen LogP contribution in [-0.2, 0) is 4.79 Å². The molecule has 1 aromatic heterocycles. The van der Waals surface area contributed by atoms with E-state index >= 15 is 0 Å². The van der Waals surface area contributed by atoms with Gasteiger partial charge in [-0.15, -0.1) is 10.2 Å². The minimum Gasteiger partial charge on any atom is -0.426 e. The van der Waals surface area contributed by atoms with E-state index in [1.165, 1.54) is 0 Å². The fraction of sp³-hybridized carbons (Fsp3) is 0.286. The molecule has 0 spiro atoms. The number of rotatable bonds is 5. The average molecular weight is 412 g/mol. The molecule has 0 aliphatic carbocycles. The zero-order valence-electron chi connectivity index (χ0n) is 16.1. The molecule has 2 aromatic carbocycles. The Balaban J connectivity index is 1.80. The average Bonchev–Trinajstić information content (AvgIpc) is 2.72. The predicted octanol–water partition coefficient (Wildman–Crippen LogP) is 3.57. The smallest absolute Gasteiger partial charge is 0.298 e. The number of nitrogens with two attached hydrogens (primary N) is 1. The molecule has 0 bridgehead atoms. The highest BCUT2D eigenvalue weighted by Gasteiger charge is 2.21. The Bertz CT molecular complexity index is 1060. The summed E-state index contributed by atoms with van der Waals surface area (Å²) < 4.78 is 5.14. The van der Waals surface area contributed by atoms with Crippen LogP contribution < -0.4 is 15.8 Å². The highest BCUT2D eigenvalue weighted by Crippen LogP contribution is 2.41. The van der Waals surface area contributed by atoms with Crippen molar-refractivity contribution < 1.29 is 9.53 Å². The van der Waals surface area contributed by atoms with Gasteiger partial charge in [0.05, 0.1) is 10.7 Å². The molecule has 3 N–H and O–H groups in total. The van der Waals surface area contributed by atoms with E-state index in [9.17, 15) is 4.79 Å². The number of piperidine rings is 1. The first-order valence-corrected chi connectivity index (χ1v) is 9.85. The summed E-state index contributed by atoms with van der Waals surface area (Å²) in [5.41, 5.74) is 7.36. The second-order valence-corrected chi connectivity index (χ2v) is 7.65. The van der Waals surface area contributed by atoms with Crippen LogP contribution >= 0.6 is 11.6 Å². The summed E-state index contributed by atoms with van der Waals surface area (Å²) in [6.07, 6.45) is 2.24. The summed E-state index contributed by atoms with van der Waals surface area (Å²) >= 11 is 6.10. The second-order valence-electron chi connectivity index (χ2n) is 7.24. The topological polar surface area (TPSA) is 93.4 Å². The number of nitrogen functional groups attached to an aromatic ring is 1. The minimum absolute atomic E-state index is 0.182. The van der Waals surface area contributed by atoms with Crippen LogP contribution in [-0.4, -0.2) is 47.7 Å². The maximum atomic E-state index is 11.0. The fourth-order valence-electron chi connectivity index (χ4n) is 3.82. The van der Waals surface area contributed by atoms with Crippen LogP contribution in [0.2, 0.25) is 5.02 Å². The molecule has 0 radical (unpaired) electrons. The van der Waals surface area contributed by atoms with Crippen molar-refractivity contribution >= 4 is 40.4 Å². The van der Waals surface area contributed by atoms with Crippen LogP contribution in [0.25, 0.3) is 22.0 Å². The standard InChI is InChI=1S/C21H22ClN5O2/c1-27-10-4-5-13(11-27)24-21-15-7-3-2-6-14(15)19(25-26-21)16-8-9-17(22)18(23)20(16)29-12-28/h2-3,6-9,12-13H,4-5,10-11,23H2,1H3,(H,24,26)/t13-/m1/s1. The van der Waals surface area contributed by atoms with Gasteiger partial charge in [0.25, 0.3) is 6.47 Å². The number of nitrogens with zero attached hydrogens (tertiary/aromatic N) is 3. The number of likely N-dealkylation sites (tertiary alicyclic amines) is 1. The van der Waals surface area contributed by atoms with Gasteiger partial charge in [0, 0.05) is 28.9 Å². The third-order valence-electron chi connectivity index (χ3n) is 5.22. The normalized spacial score (nSPS) is 17.2. The zero-order valence-corrected chi connectivity index (χ0v) is 16.8. The van der Waals surface area contributed by atoms with Crippen molar-refractivity contribution in [2.24, 2.45) is 0 Å². The Labute approximate surface area is 173 Å². The number of benzene rings is 2. The van der Waals surface area contributed by atoms with Crippen molar-refractivity contribution in [3.63, 3.8) is 0 Å². The molecular weight excluding hydrogens is 390 g/mol. The summed E-state index contributed by atoms with van der Waals surface area (Å²) in [5, 5.41) is 14.6. The molecule has 1 aliphatic rings. The van der Waals surface area contributed by atoms with Gasteiger partial charge in [-0.2, -0.15) is 0 Å². The third-order valence-corrected chi connectivity index (χ3v) is 5.55. The molecule has 2 heterocycles. The fourth-order valence-corrected chi connectivity index (χ4v) is 3.97. The molecular formula is C21H22ClN5O2. The molecule has 150 valence electrons. The number of fused-ring (bicyclic) bond motifs is 1. The summed E-state index contributed by atoms with van der Waals surface area (Å²) in [7, 11) is 2.13. The molecule has 7 nitrogen and oxygen atoms in total. The summed E-state index contributed by atoms with van der Waals surface area (Å²) in [5.74, 6) is 0.922. The summed E-state index contributed by atoms with van der Waals surface area (Å²) in [6.45, 7) is 2.40. The number of nitrogens with one attached hydrogen (secondary N) is 1. The van der Waals surface area contributed by atoms with E-state index in [1.807, 2.05) is 24.3 Å². The lowest BCUT2D eigenvalue weighted by molar-refractivity contribution is -0.120. The monoisotopic (exact) mass is 411 g/mol. The second kappa shape index (κ2) is 8.23. The van der Waals surface area contributed by atoms with Gasteiger partial charge in [0.1, 0.15) is 5.69 Å². The van der Waals surface area contributed by atoms with Gasteiger partial charge >= 0.3 is 0 Å². The van der Waals surface area contributed by atoms with Gasteiger partial charge in [-0.25, -0.2) is 0 Å². The lowest BCUT2D eigenvalue weighted by Crippen LogP contribution is -2.40. The lowest BCUT2D eigenvalue weighted by atomic mass is 10.0. The molecule has 3 aromatic rings. The van der Waals surface area contributed by atoms with E-state index in [0.717, 1.165) is 42.5 Å². The van der Waals surface area contributed by atoms with Crippen molar-refractivity contribution in [2.45, 2.75) is 18.9 Å². The molecule has 0 saturated carbocycles. The Morgan fingerprint density at radius 1 is 1.24 bits per heavy atom. The molecule has 8 heteroatoms. The zero-order chi connectivity index (χ0) is 20.4. The highest BCUT2D eigenvalue weighted by molar-refractivity contribution is 6.33. The van der Waals surface area contributed by atoms with Crippen LogP contribution in [0.5, 0.6) is 5.75 Å². The van der Waals surface area contributed by atoms with Crippen molar-refractivity contribution in [3.05, 3.63) is 41.4 Å². The maximum absolute atomic E-state index is 11.0. The van der Waals surface area contributed by atoms with Crippen LogP contribution in [0.1, 0.15) is 12.8 Å². The third kappa shape index (κ3) is 3.83. The van der Waals surface area contributed by atoms with Crippen LogP contribution in [0.15, 0.2) is 36.4 Å². The number of likely N-dealkylation sites (N-methyl/N-ethyl adjacent to an activating group) is 1.